The van der Waals surface area contributed by atoms with Crippen molar-refractivity contribution in [2.45, 2.75) is 31.0 Å². The van der Waals surface area contributed by atoms with Gasteiger partial charge in [0, 0.05) is 12.1 Å². The minimum absolute atomic E-state index is 0.0260. The number of rotatable bonds is 4. The molecule has 0 atom stereocenters. The van der Waals surface area contributed by atoms with Crippen molar-refractivity contribution < 1.29 is 13.2 Å². The molecule has 1 fully saturated rings. The van der Waals surface area contributed by atoms with Gasteiger partial charge >= 0.3 is 6.18 Å². The van der Waals surface area contributed by atoms with Crippen LogP contribution >= 0.6 is 0 Å². The molecule has 0 saturated heterocycles. The Morgan fingerprint density at radius 2 is 2.00 bits per heavy atom. The summed E-state index contributed by atoms with van der Waals surface area (Å²) < 4.78 is 37.9. The second-order valence-electron chi connectivity index (χ2n) is 5.70. The largest absolute Gasteiger partial charge is 0.416 e. The maximum Gasteiger partial charge on any atom is 0.416 e. The predicted octanol–water partition coefficient (Wildman–Crippen LogP) is 3.47. The van der Waals surface area contributed by atoms with E-state index in [-0.39, 0.29) is 11.1 Å². The fourth-order valence-electron chi connectivity index (χ4n) is 2.59. The van der Waals surface area contributed by atoms with E-state index in [0.29, 0.717) is 12.2 Å². The third-order valence-corrected chi connectivity index (χ3v) is 4.31. The molecule has 1 aromatic rings. The van der Waals surface area contributed by atoms with Crippen LogP contribution in [0, 0.1) is 11.3 Å². The van der Waals surface area contributed by atoms with Crippen LogP contribution in [-0.4, -0.2) is 31.1 Å². The van der Waals surface area contributed by atoms with Crippen molar-refractivity contribution in [1.29, 1.82) is 5.26 Å². The molecule has 0 unspecified atom stereocenters. The first kappa shape index (κ1) is 15.6. The number of benzene rings is 1. The Morgan fingerprint density at radius 3 is 2.43 bits per heavy atom. The number of nitriles is 1. The van der Waals surface area contributed by atoms with Crippen molar-refractivity contribution >= 4 is 5.69 Å². The average molecular weight is 297 g/mol. The number of hydrogen-bond donors (Lipinski definition) is 1. The molecule has 114 valence electrons. The first-order valence-corrected chi connectivity index (χ1v) is 6.81. The SMILES string of the molecule is CN(C)C1(CNc2ccc(C(F)(F)F)cc2C#N)CCC1. The van der Waals surface area contributed by atoms with Crippen molar-refractivity contribution in [1.82, 2.24) is 4.90 Å². The molecular weight excluding hydrogens is 279 g/mol. The molecule has 2 rings (SSSR count). The third kappa shape index (κ3) is 3.13. The summed E-state index contributed by atoms with van der Waals surface area (Å²) in [5, 5.41) is 12.2. The van der Waals surface area contributed by atoms with Crippen LogP contribution in [0.2, 0.25) is 0 Å². The molecule has 1 aliphatic carbocycles. The quantitative estimate of drug-likeness (QED) is 0.925. The van der Waals surface area contributed by atoms with Gasteiger partial charge in [-0.15, -0.1) is 0 Å². The Hall–Kier alpha value is -1.74. The van der Waals surface area contributed by atoms with Gasteiger partial charge in [0.05, 0.1) is 16.8 Å². The van der Waals surface area contributed by atoms with Gasteiger partial charge < -0.3 is 10.2 Å². The van der Waals surface area contributed by atoms with E-state index in [1.54, 1.807) is 0 Å². The van der Waals surface area contributed by atoms with Gasteiger partial charge in [-0.3, -0.25) is 0 Å². The van der Waals surface area contributed by atoms with Gasteiger partial charge in [-0.2, -0.15) is 18.4 Å². The standard InChI is InChI=1S/C15H18F3N3/c1-21(2)14(6-3-7-14)10-20-13-5-4-12(15(16,17)18)8-11(13)9-19/h4-5,8,20H,3,6-7,10H2,1-2H3. The number of hydrogen-bond acceptors (Lipinski definition) is 3. The van der Waals surface area contributed by atoms with E-state index in [1.165, 1.54) is 6.07 Å². The maximum absolute atomic E-state index is 12.6. The monoisotopic (exact) mass is 297 g/mol. The molecule has 1 aromatic carbocycles. The highest BCUT2D eigenvalue weighted by molar-refractivity contribution is 5.59. The molecule has 1 saturated carbocycles. The first-order valence-electron chi connectivity index (χ1n) is 6.81. The van der Waals surface area contributed by atoms with Crippen LogP contribution in [0.15, 0.2) is 18.2 Å². The average Bonchev–Trinajstić information content (AvgIpc) is 2.35. The van der Waals surface area contributed by atoms with Crippen LogP contribution in [0.5, 0.6) is 0 Å². The second-order valence-corrected chi connectivity index (χ2v) is 5.70. The first-order chi connectivity index (χ1) is 9.78. The van der Waals surface area contributed by atoms with E-state index in [2.05, 4.69) is 10.2 Å². The Labute approximate surface area is 122 Å². The molecule has 6 heteroatoms. The van der Waals surface area contributed by atoms with Crippen molar-refractivity contribution in [2.75, 3.05) is 26.0 Å². The number of halogens is 3. The summed E-state index contributed by atoms with van der Waals surface area (Å²) in [6.07, 6.45) is -1.17. The predicted molar refractivity (Wildman–Crippen MR) is 74.9 cm³/mol. The molecule has 0 bridgehead atoms. The summed E-state index contributed by atoms with van der Waals surface area (Å²) in [4.78, 5) is 2.14. The Bertz CT molecular complexity index is 554. The second kappa shape index (κ2) is 5.57. The van der Waals surface area contributed by atoms with Crippen molar-refractivity contribution in [3.63, 3.8) is 0 Å². The fraction of sp³-hybridized carbons (Fsp3) is 0.533. The number of likely N-dealkylation sites (N-methyl/N-ethyl adjacent to an activating group) is 1. The van der Waals surface area contributed by atoms with Crippen LogP contribution in [-0.2, 0) is 6.18 Å². The van der Waals surface area contributed by atoms with Gasteiger partial charge in [-0.25, -0.2) is 0 Å². The lowest BCUT2D eigenvalue weighted by atomic mass is 9.75. The summed E-state index contributed by atoms with van der Waals surface area (Å²) in [5.74, 6) is 0. The Balaban J connectivity index is 2.16. The Kier molecular flexibility index (Phi) is 4.15. The lowest BCUT2D eigenvalue weighted by Crippen LogP contribution is -2.54. The van der Waals surface area contributed by atoms with Crippen LogP contribution in [0.3, 0.4) is 0 Å². The summed E-state index contributed by atoms with van der Waals surface area (Å²) in [7, 11) is 4.00. The highest BCUT2D eigenvalue weighted by atomic mass is 19.4. The normalized spacial score (nSPS) is 17.2. The van der Waals surface area contributed by atoms with E-state index in [4.69, 9.17) is 5.26 Å². The van der Waals surface area contributed by atoms with E-state index in [0.717, 1.165) is 31.4 Å². The van der Waals surface area contributed by atoms with E-state index >= 15 is 0 Å². The van der Waals surface area contributed by atoms with Gasteiger partial charge in [0.1, 0.15) is 6.07 Å². The van der Waals surface area contributed by atoms with Crippen molar-refractivity contribution in [3.05, 3.63) is 29.3 Å². The molecule has 3 nitrogen and oxygen atoms in total. The van der Waals surface area contributed by atoms with Crippen LogP contribution in [0.4, 0.5) is 18.9 Å². The molecule has 0 aromatic heterocycles. The lowest BCUT2D eigenvalue weighted by molar-refractivity contribution is -0.137. The van der Waals surface area contributed by atoms with Gasteiger partial charge in [0.15, 0.2) is 0 Å². The molecule has 1 N–H and O–H groups in total. The third-order valence-electron chi connectivity index (χ3n) is 4.31. The van der Waals surface area contributed by atoms with E-state index in [9.17, 15) is 13.2 Å². The van der Waals surface area contributed by atoms with E-state index < -0.39 is 11.7 Å². The zero-order valence-electron chi connectivity index (χ0n) is 12.1. The fourth-order valence-corrected chi connectivity index (χ4v) is 2.59. The number of nitrogens with zero attached hydrogens (tertiary/aromatic N) is 2. The van der Waals surface area contributed by atoms with E-state index in [1.807, 2.05) is 20.2 Å². The molecular formula is C15H18F3N3. The summed E-state index contributed by atoms with van der Waals surface area (Å²) >= 11 is 0. The maximum atomic E-state index is 12.6. The molecule has 0 radical (unpaired) electrons. The smallest absolute Gasteiger partial charge is 0.382 e. The van der Waals surface area contributed by atoms with Crippen LogP contribution in [0.25, 0.3) is 0 Å². The highest BCUT2D eigenvalue weighted by Gasteiger charge is 2.39. The van der Waals surface area contributed by atoms with Crippen molar-refractivity contribution in [3.8, 4) is 6.07 Å². The molecule has 0 amide bonds. The van der Waals surface area contributed by atoms with Crippen molar-refractivity contribution in [2.24, 2.45) is 0 Å². The zero-order chi connectivity index (χ0) is 15.7. The molecule has 0 spiro atoms. The highest BCUT2D eigenvalue weighted by Crippen LogP contribution is 2.37. The summed E-state index contributed by atoms with van der Waals surface area (Å²) in [5.41, 5.74) is -0.276. The molecule has 0 heterocycles. The number of alkyl halides is 3. The lowest BCUT2D eigenvalue weighted by Gasteiger charge is -2.47. The molecule has 1 aliphatic rings. The zero-order valence-corrected chi connectivity index (χ0v) is 12.1. The van der Waals surface area contributed by atoms with Crippen LogP contribution in [0.1, 0.15) is 30.4 Å². The van der Waals surface area contributed by atoms with Gasteiger partial charge in [-0.1, -0.05) is 0 Å². The minimum Gasteiger partial charge on any atom is -0.382 e. The van der Waals surface area contributed by atoms with Gasteiger partial charge in [0.2, 0.25) is 0 Å². The number of anilines is 1. The topological polar surface area (TPSA) is 39.1 Å². The van der Waals surface area contributed by atoms with Gasteiger partial charge in [0.25, 0.3) is 0 Å². The van der Waals surface area contributed by atoms with Gasteiger partial charge in [-0.05, 0) is 51.6 Å². The molecule has 21 heavy (non-hydrogen) atoms. The number of nitrogens with one attached hydrogen (secondary N) is 1. The minimum atomic E-state index is -4.43. The molecule has 0 aliphatic heterocycles. The summed E-state index contributed by atoms with van der Waals surface area (Å²) in [6.45, 7) is 0.625. The van der Waals surface area contributed by atoms with Crippen LogP contribution < -0.4 is 5.32 Å². The summed E-state index contributed by atoms with van der Waals surface area (Å²) in [6, 6.07) is 5.07. The Morgan fingerprint density at radius 1 is 1.33 bits per heavy atom.